The summed E-state index contributed by atoms with van der Waals surface area (Å²) in [5.74, 6) is 1.17. The van der Waals surface area contributed by atoms with Crippen LogP contribution in [0.25, 0.3) is 22.0 Å². The zero-order valence-electron chi connectivity index (χ0n) is 28.7. The summed E-state index contributed by atoms with van der Waals surface area (Å²) in [6.07, 6.45) is 4.21. The smallest absolute Gasteiger partial charge is 0.311 e. The second-order valence-electron chi connectivity index (χ2n) is 13.4. The molecule has 8 heteroatoms. The van der Waals surface area contributed by atoms with Crippen LogP contribution in [-0.4, -0.2) is 39.0 Å². The van der Waals surface area contributed by atoms with Crippen molar-refractivity contribution in [2.24, 2.45) is 5.41 Å². The number of aryl methyl sites for hydroxylation is 1. The summed E-state index contributed by atoms with van der Waals surface area (Å²) in [6, 6.07) is 22.8. The molecule has 0 saturated heterocycles. The van der Waals surface area contributed by atoms with Crippen molar-refractivity contribution in [2.75, 3.05) is 13.7 Å². The molecule has 0 amide bonds. The standard InChI is InChI=1S/C39H45N3O4S/c1-9-45-37(43)39(6,7)21-34-36(47-38(3,4)5)32-20-31(46-25-30-16-10-26(2)22-40-30)17-18-33(32)42(34)24-27-11-13-28(14-12-27)29-15-19-35(44-8)41-23-29/h10-20,22-23H,9,21,24-25H2,1-8H3. The van der Waals surface area contributed by atoms with Gasteiger partial charge in [0.05, 0.1) is 24.8 Å². The molecule has 0 spiro atoms. The summed E-state index contributed by atoms with van der Waals surface area (Å²) in [6.45, 7) is 15.9. The highest BCUT2D eigenvalue weighted by molar-refractivity contribution is 8.00. The summed E-state index contributed by atoms with van der Waals surface area (Å²) in [7, 11) is 1.62. The summed E-state index contributed by atoms with van der Waals surface area (Å²) in [5, 5.41) is 1.11. The lowest BCUT2D eigenvalue weighted by Gasteiger charge is -2.26. The Morgan fingerprint density at radius 1 is 0.894 bits per heavy atom. The van der Waals surface area contributed by atoms with Gasteiger partial charge in [-0.15, -0.1) is 11.8 Å². The van der Waals surface area contributed by atoms with Crippen molar-refractivity contribution < 1.29 is 19.0 Å². The first-order valence-corrected chi connectivity index (χ1v) is 16.8. The number of methoxy groups -OCH3 is 1. The van der Waals surface area contributed by atoms with Gasteiger partial charge in [-0.1, -0.05) is 51.1 Å². The van der Waals surface area contributed by atoms with E-state index in [-0.39, 0.29) is 10.7 Å². The average molecular weight is 652 g/mol. The van der Waals surface area contributed by atoms with Gasteiger partial charge in [0.15, 0.2) is 0 Å². The topological polar surface area (TPSA) is 75.5 Å². The molecule has 0 aliphatic rings. The summed E-state index contributed by atoms with van der Waals surface area (Å²) in [4.78, 5) is 23.2. The SMILES string of the molecule is CCOC(=O)C(C)(C)Cc1c(SC(C)(C)C)c2cc(OCc3ccc(C)cn3)ccc2n1Cc1ccc(-c2ccc(OC)nc2)cc1. The number of ether oxygens (including phenoxy) is 3. The predicted octanol–water partition coefficient (Wildman–Crippen LogP) is 9.07. The van der Waals surface area contributed by atoms with Gasteiger partial charge in [0.2, 0.25) is 5.88 Å². The molecule has 0 bridgehead atoms. The number of benzene rings is 2. The second kappa shape index (κ2) is 14.2. The van der Waals surface area contributed by atoms with Gasteiger partial charge in [0, 0.05) is 63.2 Å². The third kappa shape index (κ3) is 8.35. The highest BCUT2D eigenvalue weighted by atomic mass is 32.2. The zero-order valence-corrected chi connectivity index (χ0v) is 29.5. The number of fused-ring (bicyclic) bond motifs is 1. The molecule has 0 atom stereocenters. The molecule has 0 saturated carbocycles. The van der Waals surface area contributed by atoms with Crippen molar-refractivity contribution in [1.82, 2.24) is 14.5 Å². The van der Waals surface area contributed by atoms with Crippen LogP contribution in [0.3, 0.4) is 0 Å². The average Bonchev–Trinajstić information content (AvgIpc) is 3.30. The zero-order chi connectivity index (χ0) is 33.8. The monoisotopic (exact) mass is 651 g/mol. The van der Waals surface area contributed by atoms with E-state index >= 15 is 0 Å². The Labute approximate surface area is 282 Å². The van der Waals surface area contributed by atoms with Gasteiger partial charge >= 0.3 is 5.97 Å². The third-order valence-electron chi connectivity index (χ3n) is 7.87. The van der Waals surface area contributed by atoms with Gasteiger partial charge in [-0.3, -0.25) is 9.78 Å². The van der Waals surface area contributed by atoms with E-state index in [1.165, 1.54) is 0 Å². The van der Waals surface area contributed by atoms with E-state index in [9.17, 15) is 4.79 Å². The lowest BCUT2D eigenvalue weighted by molar-refractivity contribution is -0.153. The molecule has 0 radical (unpaired) electrons. The molecule has 5 aromatic rings. The molecule has 0 aliphatic carbocycles. The van der Waals surface area contributed by atoms with Crippen LogP contribution in [0.5, 0.6) is 11.6 Å². The highest BCUT2D eigenvalue weighted by Crippen LogP contribution is 2.44. The fourth-order valence-electron chi connectivity index (χ4n) is 5.44. The Kier molecular flexibility index (Phi) is 10.3. The van der Waals surface area contributed by atoms with E-state index in [1.54, 1.807) is 7.11 Å². The predicted molar refractivity (Wildman–Crippen MR) is 190 cm³/mol. The van der Waals surface area contributed by atoms with Crippen LogP contribution in [0.2, 0.25) is 0 Å². The van der Waals surface area contributed by atoms with Crippen molar-refractivity contribution in [2.45, 2.75) is 77.7 Å². The molecular formula is C39H45N3O4S. The van der Waals surface area contributed by atoms with Gasteiger partial charge in [0.25, 0.3) is 0 Å². The van der Waals surface area contributed by atoms with Gasteiger partial charge in [-0.05, 0) is 74.7 Å². The van der Waals surface area contributed by atoms with Gasteiger partial charge < -0.3 is 18.8 Å². The number of nitrogens with zero attached hydrogens (tertiary/aromatic N) is 3. The van der Waals surface area contributed by atoms with Crippen molar-refractivity contribution in [3.8, 4) is 22.8 Å². The van der Waals surface area contributed by atoms with Crippen LogP contribution in [0.4, 0.5) is 0 Å². The molecule has 0 fully saturated rings. The van der Waals surface area contributed by atoms with Crippen LogP contribution >= 0.6 is 11.8 Å². The van der Waals surface area contributed by atoms with Crippen LogP contribution in [0, 0.1) is 12.3 Å². The largest absolute Gasteiger partial charge is 0.487 e. The van der Waals surface area contributed by atoms with E-state index < -0.39 is 5.41 Å². The van der Waals surface area contributed by atoms with Crippen LogP contribution in [0.1, 0.15) is 64.1 Å². The number of carbonyl (C=O) groups excluding carboxylic acids is 1. The fraction of sp³-hybridized carbons (Fsp3) is 0.359. The number of hydrogen-bond acceptors (Lipinski definition) is 7. The van der Waals surface area contributed by atoms with Gasteiger partial charge in [-0.2, -0.15) is 0 Å². The number of esters is 1. The molecule has 7 nitrogen and oxygen atoms in total. The van der Waals surface area contributed by atoms with Crippen molar-refractivity contribution in [3.05, 3.63) is 102 Å². The van der Waals surface area contributed by atoms with E-state index in [1.807, 2.05) is 82.2 Å². The molecule has 3 aromatic heterocycles. The molecule has 0 unspecified atom stereocenters. The Hall–Kier alpha value is -4.30. The summed E-state index contributed by atoms with van der Waals surface area (Å²) < 4.78 is 19.3. The maximum Gasteiger partial charge on any atom is 0.311 e. The lowest BCUT2D eigenvalue weighted by atomic mass is 9.87. The minimum Gasteiger partial charge on any atom is -0.487 e. The maximum absolute atomic E-state index is 13.2. The number of aromatic nitrogens is 3. The van der Waals surface area contributed by atoms with E-state index in [4.69, 9.17) is 14.2 Å². The third-order valence-corrected chi connectivity index (χ3v) is 9.14. The number of rotatable bonds is 12. The van der Waals surface area contributed by atoms with E-state index in [0.29, 0.717) is 32.1 Å². The van der Waals surface area contributed by atoms with Gasteiger partial charge in [-0.25, -0.2) is 4.98 Å². The Morgan fingerprint density at radius 2 is 1.64 bits per heavy atom. The summed E-state index contributed by atoms with van der Waals surface area (Å²) >= 11 is 1.82. The first kappa shape index (κ1) is 34.0. The number of carbonyl (C=O) groups is 1. The first-order chi connectivity index (χ1) is 22.4. The quantitative estimate of drug-likeness (QED) is 0.0984. The van der Waals surface area contributed by atoms with E-state index in [2.05, 4.69) is 71.7 Å². The van der Waals surface area contributed by atoms with E-state index in [0.717, 1.165) is 55.2 Å². The molecule has 0 N–H and O–H groups in total. The summed E-state index contributed by atoms with van der Waals surface area (Å²) in [5.41, 5.74) is 6.73. The first-order valence-electron chi connectivity index (χ1n) is 16.0. The lowest BCUT2D eigenvalue weighted by Crippen LogP contribution is -2.30. The van der Waals surface area contributed by atoms with Crippen molar-refractivity contribution in [1.29, 1.82) is 0 Å². The number of thioether (sulfide) groups is 1. The minimum atomic E-state index is -0.725. The molecular weight excluding hydrogens is 607 g/mol. The van der Waals surface area contributed by atoms with Crippen LogP contribution in [-0.2, 0) is 29.1 Å². The van der Waals surface area contributed by atoms with Crippen LogP contribution in [0.15, 0.2) is 84.0 Å². The molecule has 3 heterocycles. The fourth-order valence-corrected chi connectivity index (χ4v) is 6.62. The Balaban J connectivity index is 1.57. The highest BCUT2D eigenvalue weighted by Gasteiger charge is 2.34. The Morgan fingerprint density at radius 3 is 2.26 bits per heavy atom. The molecule has 47 heavy (non-hydrogen) atoms. The molecule has 2 aromatic carbocycles. The Bertz CT molecular complexity index is 1820. The van der Waals surface area contributed by atoms with Gasteiger partial charge in [0.1, 0.15) is 12.4 Å². The maximum atomic E-state index is 13.2. The molecule has 246 valence electrons. The molecule has 5 rings (SSSR count). The normalized spacial score (nSPS) is 11.9. The minimum absolute atomic E-state index is 0.0708. The number of hydrogen-bond donors (Lipinski definition) is 0. The van der Waals surface area contributed by atoms with Crippen molar-refractivity contribution >= 4 is 28.6 Å². The number of pyridine rings is 2. The van der Waals surface area contributed by atoms with Crippen molar-refractivity contribution in [3.63, 3.8) is 0 Å². The second-order valence-corrected chi connectivity index (χ2v) is 15.3. The van der Waals surface area contributed by atoms with Crippen LogP contribution < -0.4 is 9.47 Å². The molecule has 0 aliphatic heterocycles.